The number of para-hydroxylation sites is 1. The third-order valence-corrected chi connectivity index (χ3v) is 5.17. The average Bonchev–Trinajstić information content (AvgIpc) is 3.26. The molecular formula is C20H22N6. The van der Waals surface area contributed by atoms with E-state index in [4.69, 9.17) is 5.10 Å². The highest BCUT2D eigenvalue weighted by Crippen LogP contribution is 2.32. The number of anilines is 1. The lowest BCUT2D eigenvalue weighted by molar-refractivity contribution is 0.478. The molecule has 0 unspecified atom stereocenters. The first kappa shape index (κ1) is 15.4. The second-order valence-corrected chi connectivity index (χ2v) is 7.01. The van der Waals surface area contributed by atoms with E-state index in [1.807, 2.05) is 23.7 Å². The Morgan fingerprint density at radius 2 is 2.15 bits per heavy atom. The fourth-order valence-electron chi connectivity index (χ4n) is 3.83. The van der Waals surface area contributed by atoms with Crippen molar-refractivity contribution in [3.63, 3.8) is 0 Å². The average molecular weight is 346 g/mol. The molecule has 0 aliphatic carbocycles. The van der Waals surface area contributed by atoms with Crippen LogP contribution < -0.4 is 10.6 Å². The normalized spacial score (nSPS) is 17.8. The number of rotatable bonds is 3. The Balaban J connectivity index is 1.66. The number of aryl methyl sites for hydroxylation is 1. The van der Waals surface area contributed by atoms with E-state index in [1.54, 1.807) is 0 Å². The molecule has 1 aromatic carbocycles. The number of piperidine rings is 1. The highest BCUT2D eigenvalue weighted by molar-refractivity contribution is 5.99. The standard InChI is InChI=1S/C20H22N6/c1-13-10-23-20-16(17-12-22-18-7-3-2-6-15(17)18)9-19(25-26(13)20)24-14-5-4-8-21-11-14/h2-3,6-7,9-10,12,14,21-22H,4-5,8,11H2,1H3,(H,24,25)/t14-/m1/s1. The van der Waals surface area contributed by atoms with E-state index in [0.29, 0.717) is 6.04 Å². The van der Waals surface area contributed by atoms with Gasteiger partial charge in [-0.05, 0) is 38.4 Å². The minimum Gasteiger partial charge on any atom is -0.365 e. The molecule has 0 spiro atoms. The van der Waals surface area contributed by atoms with Crippen LogP contribution in [0.3, 0.4) is 0 Å². The lowest BCUT2D eigenvalue weighted by Gasteiger charge is -2.24. The molecule has 3 aromatic heterocycles. The van der Waals surface area contributed by atoms with Gasteiger partial charge in [-0.15, -0.1) is 5.10 Å². The maximum atomic E-state index is 4.78. The minimum absolute atomic E-state index is 0.411. The van der Waals surface area contributed by atoms with Crippen molar-refractivity contribution in [3.05, 3.63) is 48.4 Å². The molecule has 4 heterocycles. The van der Waals surface area contributed by atoms with E-state index in [-0.39, 0.29) is 0 Å². The Hall–Kier alpha value is -2.86. The van der Waals surface area contributed by atoms with Gasteiger partial charge in [-0.2, -0.15) is 0 Å². The smallest absolute Gasteiger partial charge is 0.161 e. The number of aromatic nitrogens is 4. The number of H-pyrrole nitrogens is 1. The largest absolute Gasteiger partial charge is 0.365 e. The summed E-state index contributed by atoms with van der Waals surface area (Å²) in [5.41, 5.74) is 5.30. The van der Waals surface area contributed by atoms with Crippen molar-refractivity contribution < 1.29 is 0 Å². The van der Waals surface area contributed by atoms with Gasteiger partial charge in [-0.1, -0.05) is 18.2 Å². The number of nitrogens with zero attached hydrogens (tertiary/aromatic N) is 3. The summed E-state index contributed by atoms with van der Waals surface area (Å²) >= 11 is 0. The molecule has 0 saturated carbocycles. The Kier molecular flexibility index (Phi) is 3.64. The summed E-state index contributed by atoms with van der Waals surface area (Å²) in [7, 11) is 0. The van der Waals surface area contributed by atoms with Crippen molar-refractivity contribution in [2.45, 2.75) is 25.8 Å². The van der Waals surface area contributed by atoms with Gasteiger partial charge in [0.15, 0.2) is 5.65 Å². The molecule has 1 saturated heterocycles. The maximum absolute atomic E-state index is 4.78. The zero-order valence-electron chi connectivity index (χ0n) is 14.8. The van der Waals surface area contributed by atoms with Crippen molar-refractivity contribution in [3.8, 4) is 11.1 Å². The Morgan fingerprint density at radius 1 is 1.23 bits per heavy atom. The van der Waals surface area contributed by atoms with Crippen molar-refractivity contribution in [2.75, 3.05) is 18.4 Å². The van der Waals surface area contributed by atoms with Crippen LogP contribution in [-0.4, -0.2) is 38.7 Å². The Morgan fingerprint density at radius 3 is 3.04 bits per heavy atom. The number of fused-ring (bicyclic) bond motifs is 2. The summed E-state index contributed by atoms with van der Waals surface area (Å²) in [4.78, 5) is 7.99. The highest BCUT2D eigenvalue weighted by Gasteiger charge is 2.17. The van der Waals surface area contributed by atoms with Crippen LogP contribution in [-0.2, 0) is 0 Å². The van der Waals surface area contributed by atoms with Crippen molar-refractivity contribution in [1.29, 1.82) is 0 Å². The summed E-state index contributed by atoms with van der Waals surface area (Å²) in [5, 5.41) is 13.0. The van der Waals surface area contributed by atoms with Gasteiger partial charge in [-0.25, -0.2) is 9.50 Å². The maximum Gasteiger partial charge on any atom is 0.161 e. The monoisotopic (exact) mass is 346 g/mol. The number of benzene rings is 1. The van der Waals surface area contributed by atoms with E-state index in [2.05, 4.69) is 51.1 Å². The molecular weight excluding hydrogens is 324 g/mol. The number of aromatic amines is 1. The van der Waals surface area contributed by atoms with E-state index in [0.717, 1.165) is 53.3 Å². The molecule has 0 bridgehead atoms. The SMILES string of the molecule is Cc1cnc2c(-c3c[nH]c4ccccc34)cc(N[C@@H]3CCCNC3)nn12. The molecule has 4 aromatic rings. The lowest BCUT2D eigenvalue weighted by atomic mass is 10.1. The van der Waals surface area contributed by atoms with Gasteiger partial charge in [0, 0.05) is 40.8 Å². The Bertz CT molecular complexity index is 1070. The lowest BCUT2D eigenvalue weighted by Crippen LogP contribution is -2.38. The van der Waals surface area contributed by atoms with Gasteiger partial charge in [0.25, 0.3) is 0 Å². The quantitative estimate of drug-likeness (QED) is 0.532. The molecule has 1 fully saturated rings. The fraction of sp³-hybridized carbons (Fsp3) is 0.300. The van der Waals surface area contributed by atoms with Gasteiger partial charge in [0.05, 0.1) is 11.9 Å². The summed E-state index contributed by atoms with van der Waals surface area (Å²) in [5.74, 6) is 0.896. The topological polar surface area (TPSA) is 70.0 Å². The van der Waals surface area contributed by atoms with Gasteiger partial charge in [0.1, 0.15) is 5.82 Å². The first-order chi connectivity index (χ1) is 12.8. The molecule has 6 heteroatoms. The summed E-state index contributed by atoms with van der Waals surface area (Å²) < 4.78 is 1.94. The fourth-order valence-corrected chi connectivity index (χ4v) is 3.83. The molecule has 0 amide bonds. The van der Waals surface area contributed by atoms with Crippen LogP contribution in [0.5, 0.6) is 0 Å². The second-order valence-electron chi connectivity index (χ2n) is 7.01. The zero-order chi connectivity index (χ0) is 17.5. The number of imidazole rings is 1. The van der Waals surface area contributed by atoms with Crippen LogP contribution in [0.15, 0.2) is 42.7 Å². The molecule has 5 rings (SSSR count). The van der Waals surface area contributed by atoms with Crippen LogP contribution in [0, 0.1) is 6.92 Å². The molecule has 0 radical (unpaired) electrons. The van der Waals surface area contributed by atoms with E-state index >= 15 is 0 Å². The van der Waals surface area contributed by atoms with Crippen LogP contribution in [0.1, 0.15) is 18.5 Å². The molecule has 3 N–H and O–H groups in total. The van der Waals surface area contributed by atoms with Gasteiger partial charge in [0.2, 0.25) is 0 Å². The zero-order valence-corrected chi connectivity index (χ0v) is 14.8. The molecule has 6 nitrogen and oxygen atoms in total. The van der Waals surface area contributed by atoms with Crippen molar-refractivity contribution >= 4 is 22.4 Å². The van der Waals surface area contributed by atoms with E-state index in [1.165, 1.54) is 11.8 Å². The minimum atomic E-state index is 0.411. The van der Waals surface area contributed by atoms with Crippen LogP contribution >= 0.6 is 0 Å². The first-order valence-electron chi connectivity index (χ1n) is 9.19. The Labute approximate surface area is 151 Å². The van der Waals surface area contributed by atoms with Crippen LogP contribution in [0.4, 0.5) is 5.82 Å². The van der Waals surface area contributed by atoms with Gasteiger partial charge >= 0.3 is 0 Å². The third-order valence-electron chi connectivity index (χ3n) is 5.17. The number of hydrogen-bond acceptors (Lipinski definition) is 4. The molecule has 1 atom stereocenters. The molecule has 1 aliphatic heterocycles. The van der Waals surface area contributed by atoms with Gasteiger partial charge in [-0.3, -0.25) is 0 Å². The molecule has 1 aliphatic rings. The second kappa shape index (κ2) is 6.14. The molecule has 132 valence electrons. The summed E-state index contributed by atoms with van der Waals surface area (Å²) in [6, 6.07) is 10.9. The third kappa shape index (κ3) is 2.54. The van der Waals surface area contributed by atoms with E-state index < -0.39 is 0 Å². The number of nitrogens with one attached hydrogen (secondary N) is 3. The highest BCUT2D eigenvalue weighted by atomic mass is 15.3. The predicted octanol–water partition coefficient (Wildman–Crippen LogP) is 3.35. The van der Waals surface area contributed by atoms with Crippen LogP contribution in [0.2, 0.25) is 0 Å². The van der Waals surface area contributed by atoms with Crippen molar-refractivity contribution in [2.24, 2.45) is 0 Å². The van der Waals surface area contributed by atoms with Crippen LogP contribution in [0.25, 0.3) is 27.7 Å². The summed E-state index contributed by atoms with van der Waals surface area (Å²) in [6.07, 6.45) is 6.31. The number of hydrogen-bond donors (Lipinski definition) is 3. The first-order valence-corrected chi connectivity index (χ1v) is 9.19. The van der Waals surface area contributed by atoms with Gasteiger partial charge < -0.3 is 15.6 Å². The molecule has 26 heavy (non-hydrogen) atoms. The summed E-state index contributed by atoms with van der Waals surface area (Å²) in [6.45, 7) is 4.12. The van der Waals surface area contributed by atoms with E-state index in [9.17, 15) is 0 Å². The predicted molar refractivity (Wildman–Crippen MR) is 105 cm³/mol. The van der Waals surface area contributed by atoms with Crippen molar-refractivity contribution in [1.82, 2.24) is 24.9 Å².